The molecule has 0 bridgehead atoms. The van der Waals surface area contributed by atoms with Crippen LogP contribution >= 0.6 is 0 Å². The third-order valence-electron chi connectivity index (χ3n) is 5.68. The number of hydrogen-bond donors (Lipinski definition) is 0. The van der Waals surface area contributed by atoms with Crippen LogP contribution in [0.4, 0.5) is 0 Å². The molecule has 3 aromatic carbocycles. The minimum Gasteiger partial charge on any atom is -0.497 e. The second-order valence-electron chi connectivity index (χ2n) is 7.49. The molecule has 3 aromatic rings. The predicted octanol–water partition coefficient (Wildman–Crippen LogP) is 4.38. The number of esters is 1. The standard InChI is InChI=1S/C25H25NO5/c1-29-20-11-12-23(30-2)21(15-20)22-8-5-13-26(22)24(27)16-31-25(28)19-10-9-17-6-3-4-7-18(17)14-19/h3-4,6-7,9-12,14-15,22H,5,8,13,16H2,1-2H3/t22-/m0/s1. The van der Waals surface area contributed by atoms with Crippen molar-refractivity contribution < 1.29 is 23.8 Å². The number of carbonyl (C=O) groups excluding carboxylic acids is 2. The van der Waals surface area contributed by atoms with Gasteiger partial charge >= 0.3 is 5.97 Å². The lowest BCUT2D eigenvalue weighted by atomic mass is 10.0. The number of methoxy groups -OCH3 is 2. The van der Waals surface area contributed by atoms with Gasteiger partial charge in [-0.15, -0.1) is 0 Å². The first-order chi connectivity index (χ1) is 15.1. The maximum atomic E-state index is 12.9. The van der Waals surface area contributed by atoms with Gasteiger partial charge in [0, 0.05) is 12.1 Å². The number of rotatable bonds is 6. The van der Waals surface area contributed by atoms with E-state index in [0.29, 0.717) is 23.6 Å². The van der Waals surface area contributed by atoms with Gasteiger partial charge in [-0.05, 0) is 53.9 Å². The van der Waals surface area contributed by atoms with E-state index in [1.54, 1.807) is 31.3 Å². The molecule has 0 spiro atoms. The minimum absolute atomic E-state index is 0.142. The molecule has 1 amide bonds. The van der Waals surface area contributed by atoms with E-state index >= 15 is 0 Å². The molecule has 1 aliphatic heterocycles. The molecule has 0 aromatic heterocycles. The van der Waals surface area contributed by atoms with Gasteiger partial charge in [-0.2, -0.15) is 0 Å². The lowest BCUT2D eigenvalue weighted by Gasteiger charge is -2.26. The second-order valence-corrected chi connectivity index (χ2v) is 7.49. The highest BCUT2D eigenvalue weighted by molar-refractivity contribution is 5.96. The van der Waals surface area contributed by atoms with Gasteiger partial charge in [-0.1, -0.05) is 30.3 Å². The molecule has 1 atom stereocenters. The van der Waals surface area contributed by atoms with Crippen LogP contribution in [0.5, 0.6) is 11.5 Å². The quantitative estimate of drug-likeness (QED) is 0.555. The second kappa shape index (κ2) is 9.08. The number of benzene rings is 3. The maximum absolute atomic E-state index is 12.9. The number of ether oxygens (including phenoxy) is 3. The molecule has 0 aliphatic carbocycles. The Morgan fingerprint density at radius 2 is 1.77 bits per heavy atom. The van der Waals surface area contributed by atoms with Crippen molar-refractivity contribution in [3.05, 3.63) is 71.8 Å². The Kier molecular flexibility index (Phi) is 6.07. The number of hydrogen-bond acceptors (Lipinski definition) is 5. The van der Waals surface area contributed by atoms with Crippen LogP contribution in [0, 0.1) is 0 Å². The van der Waals surface area contributed by atoms with Crippen molar-refractivity contribution in [1.82, 2.24) is 4.90 Å². The summed E-state index contributed by atoms with van der Waals surface area (Å²) in [6, 6.07) is 18.6. The van der Waals surface area contributed by atoms with Crippen LogP contribution in [0.3, 0.4) is 0 Å². The highest BCUT2D eigenvalue weighted by Crippen LogP contribution is 2.38. The first kappa shape index (κ1) is 20.7. The summed E-state index contributed by atoms with van der Waals surface area (Å²) < 4.78 is 16.2. The Hall–Kier alpha value is -3.54. The van der Waals surface area contributed by atoms with E-state index in [1.165, 1.54) is 0 Å². The Morgan fingerprint density at radius 3 is 2.55 bits per heavy atom. The normalized spacial score (nSPS) is 15.7. The number of carbonyl (C=O) groups is 2. The molecule has 6 nitrogen and oxygen atoms in total. The van der Waals surface area contributed by atoms with E-state index in [2.05, 4.69) is 0 Å². The highest BCUT2D eigenvalue weighted by atomic mass is 16.5. The van der Waals surface area contributed by atoms with Crippen molar-refractivity contribution in [1.29, 1.82) is 0 Å². The average Bonchev–Trinajstić information content (AvgIpc) is 3.31. The summed E-state index contributed by atoms with van der Waals surface area (Å²) in [6.45, 7) is 0.311. The molecule has 0 unspecified atom stereocenters. The summed E-state index contributed by atoms with van der Waals surface area (Å²) in [5.74, 6) is 0.687. The van der Waals surface area contributed by atoms with Crippen LogP contribution in [-0.2, 0) is 9.53 Å². The van der Waals surface area contributed by atoms with Gasteiger partial charge in [0.05, 0.1) is 25.8 Å². The fraction of sp³-hybridized carbons (Fsp3) is 0.280. The first-order valence-electron chi connectivity index (χ1n) is 10.3. The van der Waals surface area contributed by atoms with Crippen molar-refractivity contribution >= 4 is 22.6 Å². The SMILES string of the molecule is COc1ccc(OC)c([C@@H]2CCCN2C(=O)COC(=O)c2ccc3ccccc3c2)c1. The number of amides is 1. The van der Waals surface area contributed by atoms with Gasteiger partial charge in [0.25, 0.3) is 5.91 Å². The Bertz CT molecular complexity index is 1110. The zero-order valence-electron chi connectivity index (χ0n) is 17.7. The van der Waals surface area contributed by atoms with Crippen molar-refractivity contribution in [3.63, 3.8) is 0 Å². The van der Waals surface area contributed by atoms with Gasteiger partial charge in [0.15, 0.2) is 6.61 Å². The Morgan fingerprint density at radius 1 is 0.968 bits per heavy atom. The molecule has 0 saturated carbocycles. The maximum Gasteiger partial charge on any atom is 0.338 e. The van der Waals surface area contributed by atoms with Crippen LogP contribution in [-0.4, -0.2) is 44.1 Å². The fourth-order valence-corrected chi connectivity index (χ4v) is 4.10. The molecule has 6 heteroatoms. The van der Waals surface area contributed by atoms with Gasteiger partial charge < -0.3 is 19.1 Å². The van der Waals surface area contributed by atoms with Gasteiger partial charge in [-0.3, -0.25) is 4.79 Å². The van der Waals surface area contributed by atoms with E-state index < -0.39 is 5.97 Å². The average molecular weight is 419 g/mol. The van der Waals surface area contributed by atoms with Crippen molar-refractivity contribution in [3.8, 4) is 11.5 Å². The molecule has 31 heavy (non-hydrogen) atoms. The van der Waals surface area contributed by atoms with Crippen molar-refractivity contribution in [2.75, 3.05) is 27.4 Å². The van der Waals surface area contributed by atoms with Crippen molar-refractivity contribution in [2.45, 2.75) is 18.9 Å². The minimum atomic E-state index is -0.506. The van der Waals surface area contributed by atoms with Crippen LogP contribution in [0.15, 0.2) is 60.7 Å². The largest absolute Gasteiger partial charge is 0.497 e. The first-order valence-corrected chi connectivity index (χ1v) is 10.3. The molecular weight excluding hydrogens is 394 g/mol. The molecule has 4 rings (SSSR count). The van der Waals surface area contributed by atoms with Crippen LogP contribution in [0.25, 0.3) is 10.8 Å². The van der Waals surface area contributed by atoms with Crippen molar-refractivity contribution in [2.24, 2.45) is 0 Å². The summed E-state index contributed by atoms with van der Waals surface area (Å²) in [7, 11) is 3.22. The molecule has 1 heterocycles. The van der Waals surface area contributed by atoms with E-state index in [4.69, 9.17) is 14.2 Å². The zero-order chi connectivity index (χ0) is 21.8. The zero-order valence-corrected chi connectivity index (χ0v) is 17.7. The lowest BCUT2D eigenvalue weighted by Crippen LogP contribution is -2.34. The molecule has 0 radical (unpaired) electrons. The Balaban J connectivity index is 1.46. The molecular formula is C25H25NO5. The third kappa shape index (κ3) is 4.33. The molecule has 1 fully saturated rings. The number of nitrogens with zero attached hydrogens (tertiary/aromatic N) is 1. The highest BCUT2D eigenvalue weighted by Gasteiger charge is 2.32. The van der Waals surface area contributed by atoms with E-state index in [1.807, 2.05) is 48.5 Å². The number of likely N-dealkylation sites (tertiary alicyclic amines) is 1. The lowest BCUT2D eigenvalue weighted by molar-refractivity contribution is -0.135. The third-order valence-corrected chi connectivity index (χ3v) is 5.68. The van der Waals surface area contributed by atoms with E-state index in [0.717, 1.165) is 29.2 Å². The Labute approximate surface area is 181 Å². The predicted molar refractivity (Wildman–Crippen MR) is 117 cm³/mol. The molecule has 160 valence electrons. The van der Waals surface area contributed by atoms with Crippen LogP contribution in [0.1, 0.15) is 34.8 Å². The monoisotopic (exact) mass is 419 g/mol. The molecule has 1 saturated heterocycles. The van der Waals surface area contributed by atoms with Gasteiger partial charge in [0.2, 0.25) is 0 Å². The number of fused-ring (bicyclic) bond motifs is 1. The van der Waals surface area contributed by atoms with E-state index in [-0.39, 0.29) is 18.6 Å². The molecule has 1 aliphatic rings. The smallest absolute Gasteiger partial charge is 0.338 e. The summed E-state index contributed by atoms with van der Waals surface area (Å²) in [5.41, 5.74) is 1.33. The van der Waals surface area contributed by atoms with E-state index in [9.17, 15) is 9.59 Å². The van der Waals surface area contributed by atoms with Crippen LogP contribution in [0.2, 0.25) is 0 Å². The van der Waals surface area contributed by atoms with Crippen LogP contribution < -0.4 is 9.47 Å². The topological polar surface area (TPSA) is 65.1 Å². The summed E-state index contributed by atoms with van der Waals surface area (Å²) in [5, 5.41) is 2.00. The van der Waals surface area contributed by atoms with Gasteiger partial charge in [-0.25, -0.2) is 4.79 Å². The summed E-state index contributed by atoms with van der Waals surface area (Å²) >= 11 is 0. The summed E-state index contributed by atoms with van der Waals surface area (Å²) in [4.78, 5) is 27.2. The molecule has 0 N–H and O–H groups in total. The summed E-state index contributed by atoms with van der Waals surface area (Å²) in [6.07, 6.45) is 1.68. The van der Waals surface area contributed by atoms with Gasteiger partial charge in [0.1, 0.15) is 11.5 Å². The fourth-order valence-electron chi connectivity index (χ4n) is 4.10.